The van der Waals surface area contributed by atoms with E-state index in [-0.39, 0.29) is 0 Å². The molecule has 0 spiro atoms. The SMILES string of the molecule is CCCNCc1cc(C)nc(N(C)c2ccccc2C)c1. The molecule has 0 aliphatic carbocycles. The molecule has 0 bridgehead atoms. The van der Waals surface area contributed by atoms with Gasteiger partial charge in [-0.05, 0) is 56.1 Å². The summed E-state index contributed by atoms with van der Waals surface area (Å²) < 4.78 is 0. The molecular formula is C18H25N3. The van der Waals surface area contributed by atoms with E-state index in [1.165, 1.54) is 16.8 Å². The zero-order valence-corrected chi connectivity index (χ0v) is 13.5. The summed E-state index contributed by atoms with van der Waals surface area (Å²) in [7, 11) is 2.08. The van der Waals surface area contributed by atoms with Gasteiger partial charge in [0.05, 0.1) is 0 Å². The number of aryl methyl sites for hydroxylation is 2. The van der Waals surface area contributed by atoms with Gasteiger partial charge >= 0.3 is 0 Å². The topological polar surface area (TPSA) is 28.2 Å². The van der Waals surface area contributed by atoms with Crippen molar-refractivity contribution in [1.29, 1.82) is 0 Å². The van der Waals surface area contributed by atoms with Crippen LogP contribution in [-0.2, 0) is 6.54 Å². The van der Waals surface area contributed by atoms with Gasteiger partial charge < -0.3 is 10.2 Å². The number of nitrogens with zero attached hydrogens (tertiary/aromatic N) is 2. The van der Waals surface area contributed by atoms with Gasteiger partial charge in [0.1, 0.15) is 5.82 Å². The molecule has 0 amide bonds. The van der Waals surface area contributed by atoms with Crippen LogP contribution in [0.15, 0.2) is 36.4 Å². The predicted molar refractivity (Wildman–Crippen MR) is 90.2 cm³/mol. The summed E-state index contributed by atoms with van der Waals surface area (Å²) in [6.45, 7) is 8.31. The van der Waals surface area contributed by atoms with Crippen molar-refractivity contribution in [1.82, 2.24) is 10.3 Å². The summed E-state index contributed by atoms with van der Waals surface area (Å²) in [6, 6.07) is 12.7. The number of para-hydroxylation sites is 1. The summed E-state index contributed by atoms with van der Waals surface area (Å²) in [6.07, 6.45) is 1.15. The molecule has 2 rings (SSSR count). The molecule has 1 aromatic heterocycles. The van der Waals surface area contributed by atoms with Crippen molar-refractivity contribution in [2.45, 2.75) is 33.7 Å². The average Bonchev–Trinajstić information content (AvgIpc) is 2.47. The van der Waals surface area contributed by atoms with Gasteiger partial charge in [0.15, 0.2) is 0 Å². The highest BCUT2D eigenvalue weighted by Gasteiger charge is 2.09. The molecule has 0 saturated heterocycles. The second-order valence-electron chi connectivity index (χ2n) is 5.50. The fraction of sp³-hybridized carbons (Fsp3) is 0.389. The van der Waals surface area contributed by atoms with Crippen molar-refractivity contribution in [3.63, 3.8) is 0 Å². The Morgan fingerprint density at radius 2 is 1.90 bits per heavy atom. The first-order valence-corrected chi connectivity index (χ1v) is 7.59. The smallest absolute Gasteiger partial charge is 0.133 e. The van der Waals surface area contributed by atoms with Gasteiger partial charge in [-0.3, -0.25) is 0 Å². The fourth-order valence-corrected chi connectivity index (χ4v) is 2.47. The number of pyridine rings is 1. The van der Waals surface area contributed by atoms with Gasteiger partial charge in [-0.2, -0.15) is 0 Å². The van der Waals surface area contributed by atoms with Crippen LogP contribution in [-0.4, -0.2) is 18.6 Å². The predicted octanol–water partition coefficient (Wildman–Crippen LogP) is 3.97. The quantitative estimate of drug-likeness (QED) is 0.813. The third-order valence-electron chi connectivity index (χ3n) is 3.58. The first kappa shape index (κ1) is 15.5. The Labute approximate surface area is 128 Å². The van der Waals surface area contributed by atoms with Gasteiger partial charge in [0.2, 0.25) is 0 Å². The molecule has 1 N–H and O–H groups in total. The van der Waals surface area contributed by atoms with E-state index in [0.29, 0.717) is 0 Å². The molecular weight excluding hydrogens is 258 g/mol. The van der Waals surface area contributed by atoms with Crippen LogP contribution in [0.1, 0.15) is 30.2 Å². The van der Waals surface area contributed by atoms with Gasteiger partial charge in [0, 0.05) is 25.0 Å². The standard InChI is InChI=1S/C18H25N3/c1-5-10-19-13-16-11-15(3)20-18(12-16)21(4)17-9-7-6-8-14(17)2/h6-9,11-12,19H,5,10,13H2,1-4H3. The molecule has 3 nitrogen and oxygen atoms in total. The molecule has 0 fully saturated rings. The highest BCUT2D eigenvalue weighted by Crippen LogP contribution is 2.26. The van der Waals surface area contributed by atoms with E-state index in [0.717, 1.165) is 31.0 Å². The van der Waals surface area contributed by atoms with E-state index in [2.05, 4.69) is 79.4 Å². The van der Waals surface area contributed by atoms with Crippen LogP contribution >= 0.6 is 0 Å². The van der Waals surface area contributed by atoms with Crippen molar-refractivity contribution in [2.24, 2.45) is 0 Å². The fourth-order valence-electron chi connectivity index (χ4n) is 2.47. The maximum absolute atomic E-state index is 4.68. The summed E-state index contributed by atoms with van der Waals surface area (Å²) in [5.41, 5.74) is 4.80. The van der Waals surface area contributed by atoms with Crippen molar-refractivity contribution >= 4 is 11.5 Å². The van der Waals surface area contributed by atoms with Crippen LogP contribution in [0.5, 0.6) is 0 Å². The molecule has 21 heavy (non-hydrogen) atoms. The molecule has 0 aliphatic heterocycles. The van der Waals surface area contributed by atoms with Crippen LogP contribution in [0.25, 0.3) is 0 Å². The van der Waals surface area contributed by atoms with Crippen molar-refractivity contribution in [3.8, 4) is 0 Å². The minimum Gasteiger partial charge on any atom is -0.329 e. The maximum Gasteiger partial charge on any atom is 0.133 e. The lowest BCUT2D eigenvalue weighted by Crippen LogP contribution is -2.16. The number of benzene rings is 1. The van der Waals surface area contributed by atoms with Gasteiger partial charge in [0.25, 0.3) is 0 Å². The van der Waals surface area contributed by atoms with Crippen LogP contribution in [0.4, 0.5) is 11.5 Å². The average molecular weight is 283 g/mol. The Kier molecular flexibility index (Phi) is 5.34. The Morgan fingerprint density at radius 1 is 1.14 bits per heavy atom. The van der Waals surface area contributed by atoms with Crippen molar-refractivity contribution in [3.05, 3.63) is 53.2 Å². The maximum atomic E-state index is 4.68. The summed E-state index contributed by atoms with van der Waals surface area (Å²) in [5.74, 6) is 0.998. The molecule has 0 radical (unpaired) electrons. The Bertz CT molecular complexity index is 593. The Balaban J connectivity index is 2.24. The van der Waals surface area contributed by atoms with Crippen LogP contribution < -0.4 is 10.2 Å². The molecule has 0 atom stereocenters. The molecule has 0 aliphatic rings. The van der Waals surface area contributed by atoms with E-state index >= 15 is 0 Å². The highest BCUT2D eigenvalue weighted by atomic mass is 15.2. The molecule has 1 aromatic carbocycles. The lowest BCUT2D eigenvalue weighted by Gasteiger charge is -2.21. The zero-order chi connectivity index (χ0) is 15.2. The number of rotatable bonds is 6. The lowest BCUT2D eigenvalue weighted by atomic mass is 10.1. The van der Waals surface area contributed by atoms with Crippen LogP contribution in [0.2, 0.25) is 0 Å². The Hall–Kier alpha value is -1.87. The summed E-state index contributed by atoms with van der Waals surface area (Å²) in [4.78, 5) is 6.84. The monoisotopic (exact) mass is 283 g/mol. The highest BCUT2D eigenvalue weighted by molar-refractivity contribution is 5.63. The second-order valence-corrected chi connectivity index (χ2v) is 5.50. The third-order valence-corrected chi connectivity index (χ3v) is 3.58. The molecule has 0 saturated carbocycles. The van der Waals surface area contributed by atoms with Crippen molar-refractivity contribution in [2.75, 3.05) is 18.5 Å². The molecule has 1 heterocycles. The Morgan fingerprint density at radius 3 is 2.62 bits per heavy atom. The lowest BCUT2D eigenvalue weighted by molar-refractivity contribution is 0.674. The third kappa shape index (κ3) is 4.05. The van der Waals surface area contributed by atoms with Crippen LogP contribution in [0.3, 0.4) is 0 Å². The number of anilines is 2. The van der Waals surface area contributed by atoms with E-state index in [1.54, 1.807) is 0 Å². The molecule has 3 heteroatoms. The normalized spacial score (nSPS) is 10.7. The van der Waals surface area contributed by atoms with Gasteiger partial charge in [-0.1, -0.05) is 25.1 Å². The molecule has 0 unspecified atom stereocenters. The van der Waals surface area contributed by atoms with E-state index < -0.39 is 0 Å². The number of hydrogen-bond donors (Lipinski definition) is 1. The van der Waals surface area contributed by atoms with E-state index in [4.69, 9.17) is 0 Å². The molecule has 2 aromatic rings. The van der Waals surface area contributed by atoms with E-state index in [1.807, 2.05) is 0 Å². The summed E-state index contributed by atoms with van der Waals surface area (Å²) in [5, 5.41) is 3.45. The number of nitrogens with one attached hydrogen (secondary N) is 1. The van der Waals surface area contributed by atoms with Crippen molar-refractivity contribution < 1.29 is 0 Å². The zero-order valence-electron chi connectivity index (χ0n) is 13.5. The number of aromatic nitrogens is 1. The minimum absolute atomic E-state index is 0.895. The number of hydrogen-bond acceptors (Lipinski definition) is 3. The largest absolute Gasteiger partial charge is 0.329 e. The minimum atomic E-state index is 0.895. The second kappa shape index (κ2) is 7.23. The first-order valence-electron chi connectivity index (χ1n) is 7.59. The van der Waals surface area contributed by atoms with E-state index in [9.17, 15) is 0 Å². The first-order chi connectivity index (χ1) is 10.1. The van der Waals surface area contributed by atoms with Gasteiger partial charge in [-0.25, -0.2) is 4.98 Å². The van der Waals surface area contributed by atoms with Crippen LogP contribution in [0, 0.1) is 13.8 Å². The molecule has 112 valence electrons. The summed E-state index contributed by atoms with van der Waals surface area (Å²) >= 11 is 0. The van der Waals surface area contributed by atoms with Gasteiger partial charge in [-0.15, -0.1) is 0 Å².